The predicted molar refractivity (Wildman–Crippen MR) is 88.7 cm³/mol. The zero-order valence-corrected chi connectivity index (χ0v) is 13.8. The van der Waals surface area contributed by atoms with Gasteiger partial charge in [-0.1, -0.05) is 45.0 Å². The summed E-state index contributed by atoms with van der Waals surface area (Å²) in [6.07, 6.45) is 8.61. The van der Waals surface area contributed by atoms with Crippen molar-refractivity contribution in [2.24, 2.45) is 5.41 Å². The van der Waals surface area contributed by atoms with Crippen LogP contribution in [0.2, 0.25) is 0 Å². The molecule has 3 aliphatic carbocycles. The van der Waals surface area contributed by atoms with Crippen LogP contribution in [0.5, 0.6) is 0 Å². The summed E-state index contributed by atoms with van der Waals surface area (Å²) in [4.78, 5) is 0. The van der Waals surface area contributed by atoms with E-state index in [1.165, 1.54) is 50.6 Å². The Labute approximate surface area is 129 Å². The van der Waals surface area contributed by atoms with Gasteiger partial charge in [0, 0.05) is 18.0 Å². The van der Waals surface area contributed by atoms with Crippen molar-refractivity contribution >= 4 is 0 Å². The van der Waals surface area contributed by atoms with E-state index in [4.69, 9.17) is 0 Å². The molecular weight excluding hydrogens is 254 g/mol. The van der Waals surface area contributed by atoms with E-state index in [0.717, 1.165) is 11.5 Å². The lowest BCUT2D eigenvalue weighted by Crippen LogP contribution is -2.50. The molecule has 1 nitrogen and oxygen atoms in total. The van der Waals surface area contributed by atoms with Crippen LogP contribution in [0.25, 0.3) is 0 Å². The minimum Gasteiger partial charge on any atom is -0.313 e. The average molecular weight is 283 g/mol. The van der Waals surface area contributed by atoms with Crippen LogP contribution in [0, 0.1) is 5.41 Å². The molecule has 114 valence electrons. The molecule has 3 aliphatic rings. The Hall–Kier alpha value is -0.820. The molecule has 0 saturated heterocycles. The molecule has 1 N–H and O–H groups in total. The molecule has 0 radical (unpaired) electrons. The fourth-order valence-corrected chi connectivity index (χ4v) is 4.30. The van der Waals surface area contributed by atoms with E-state index >= 15 is 0 Å². The van der Waals surface area contributed by atoms with E-state index in [2.05, 4.69) is 50.4 Å². The van der Waals surface area contributed by atoms with E-state index in [1.54, 1.807) is 5.56 Å². The van der Waals surface area contributed by atoms with Crippen LogP contribution in [0.4, 0.5) is 0 Å². The Balaban J connectivity index is 1.55. The second-order valence-corrected chi connectivity index (χ2v) is 9.12. The molecule has 3 saturated carbocycles. The predicted octanol–water partition coefficient (Wildman–Crippen LogP) is 4.55. The van der Waals surface area contributed by atoms with Crippen molar-refractivity contribution in [2.75, 3.05) is 6.54 Å². The first kappa shape index (κ1) is 13.8. The summed E-state index contributed by atoms with van der Waals surface area (Å²) in [5, 5.41) is 3.81. The molecule has 0 atom stereocenters. The van der Waals surface area contributed by atoms with Gasteiger partial charge in [-0.3, -0.25) is 0 Å². The number of nitrogens with one attached hydrogen (secondary N) is 1. The van der Waals surface area contributed by atoms with E-state index in [-0.39, 0.29) is 5.41 Å². The molecular formula is C20H29N. The minimum absolute atomic E-state index is 0.259. The summed E-state index contributed by atoms with van der Waals surface area (Å²) in [5.74, 6) is 0. The van der Waals surface area contributed by atoms with Gasteiger partial charge in [0.2, 0.25) is 0 Å². The molecule has 3 fully saturated rings. The maximum Gasteiger partial charge on any atom is 0.00884 e. The molecule has 0 heterocycles. The molecule has 4 rings (SSSR count). The summed E-state index contributed by atoms with van der Waals surface area (Å²) in [7, 11) is 0. The van der Waals surface area contributed by atoms with Crippen molar-refractivity contribution in [3.05, 3.63) is 35.4 Å². The lowest BCUT2D eigenvalue weighted by atomic mass is 9.56. The van der Waals surface area contributed by atoms with Crippen LogP contribution < -0.4 is 5.32 Å². The summed E-state index contributed by atoms with van der Waals surface area (Å²) in [6.45, 7) is 8.10. The monoisotopic (exact) mass is 283 g/mol. The second-order valence-electron chi connectivity index (χ2n) is 9.12. The largest absolute Gasteiger partial charge is 0.313 e. The van der Waals surface area contributed by atoms with Crippen LogP contribution in [-0.2, 0) is 10.8 Å². The summed E-state index contributed by atoms with van der Waals surface area (Å²) >= 11 is 0. The van der Waals surface area contributed by atoms with Crippen LogP contribution in [-0.4, -0.2) is 12.6 Å². The van der Waals surface area contributed by atoms with Gasteiger partial charge in [0.25, 0.3) is 0 Å². The Morgan fingerprint density at radius 1 is 1.05 bits per heavy atom. The van der Waals surface area contributed by atoms with Crippen LogP contribution in [0.1, 0.15) is 70.4 Å². The van der Waals surface area contributed by atoms with Gasteiger partial charge in [0.05, 0.1) is 0 Å². The molecule has 1 spiro atoms. The number of benzene rings is 1. The first-order valence-corrected chi connectivity index (χ1v) is 8.75. The Morgan fingerprint density at radius 2 is 1.67 bits per heavy atom. The van der Waals surface area contributed by atoms with E-state index in [1.807, 2.05) is 0 Å². The minimum atomic E-state index is 0.259. The van der Waals surface area contributed by atoms with Gasteiger partial charge >= 0.3 is 0 Å². The maximum absolute atomic E-state index is 3.81. The summed E-state index contributed by atoms with van der Waals surface area (Å²) < 4.78 is 0. The molecule has 0 amide bonds. The fraction of sp³-hybridized carbons (Fsp3) is 0.700. The zero-order chi connectivity index (χ0) is 14.7. The normalized spacial score (nSPS) is 25.7. The van der Waals surface area contributed by atoms with Crippen LogP contribution in [0.15, 0.2) is 24.3 Å². The van der Waals surface area contributed by atoms with E-state index in [0.29, 0.717) is 5.41 Å². The van der Waals surface area contributed by atoms with Gasteiger partial charge in [-0.05, 0) is 60.5 Å². The third-order valence-electron chi connectivity index (χ3n) is 6.05. The third kappa shape index (κ3) is 2.54. The van der Waals surface area contributed by atoms with Crippen molar-refractivity contribution < 1.29 is 0 Å². The average Bonchev–Trinajstić information content (AvgIpc) is 3.28. The van der Waals surface area contributed by atoms with Crippen LogP contribution in [0.3, 0.4) is 0 Å². The Morgan fingerprint density at radius 3 is 2.14 bits per heavy atom. The summed E-state index contributed by atoms with van der Waals surface area (Å²) in [6, 6.07) is 10.4. The van der Waals surface area contributed by atoms with Crippen molar-refractivity contribution in [3.63, 3.8) is 0 Å². The van der Waals surface area contributed by atoms with Gasteiger partial charge in [-0.15, -0.1) is 0 Å². The highest BCUT2D eigenvalue weighted by Gasteiger charge is 2.61. The van der Waals surface area contributed by atoms with Crippen LogP contribution >= 0.6 is 0 Å². The lowest BCUT2D eigenvalue weighted by molar-refractivity contribution is 0.116. The molecule has 1 heteroatoms. The van der Waals surface area contributed by atoms with E-state index < -0.39 is 0 Å². The Bertz CT molecular complexity index is 518. The molecule has 0 unspecified atom stereocenters. The third-order valence-corrected chi connectivity index (χ3v) is 6.05. The highest BCUT2D eigenvalue weighted by molar-refractivity contribution is 5.37. The maximum atomic E-state index is 3.81. The molecule has 1 aromatic carbocycles. The van der Waals surface area contributed by atoms with Crippen molar-refractivity contribution in [2.45, 2.75) is 76.2 Å². The highest BCUT2D eigenvalue weighted by atomic mass is 15.0. The zero-order valence-electron chi connectivity index (χ0n) is 13.8. The molecule has 0 aliphatic heterocycles. The molecule has 0 bridgehead atoms. The summed E-state index contributed by atoms with van der Waals surface area (Å²) in [5.41, 5.74) is 4.50. The van der Waals surface area contributed by atoms with Crippen molar-refractivity contribution in [1.82, 2.24) is 5.32 Å². The van der Waals surface area contributed by atoms with Gasteiger partial charge in [-0.25, -0.2) is 0 Å². The standard InChI is InChI=1S/C20H29N/c1-18(2,3)15-4-6-16(7-5-15)20(14-21-17-8-9-17)12-19(13-20)10-11-19/h4-7,17,21H,8-14H2,1-3H3. The molecule has 1 aromatic rings. The SMILES string of the molecule is CC(C)(C)c1ccc(C2(CNC3CC3)CC3(CC3)C2)cc1. The first-order chi connectivity index (χ1) is 9.91. The van der Waals surface area contributed by atoms with Crippen molar-refractivity contribution in [1.29, 1.82) is 0 Å². The highest BCUT2D eigenvalue weighted by Crippen LogP contribution is 2.68. The van der Waals surface area contributed by atoms with Gasteiger partial charge in [0.15, 0.2) is 0 Å². The number of hydrogen-bond acceptors (Lipinski definition) is 1. The second kappa shape index (κ2) is 4.35. The Kier molecular flexibility index (Phi) is 2.86. The van der Waals surface area contributed by atoms with Crippen molar-refractivity contribution in [3.8, 4) is 0 Å². The fourth-order valence-electron chi connectivity index (χ4n) is 4.30. The van der Waals surface area contributed by atoms with Gasteiger partial charge in [0.1, 0.15) is 0 Å². The van der Waals surface area contributed by atoms with Gasteiger partial charge in [-0.2, -0.15) is 0 Å². The lowest BCUT2D eigenvalue weighted by Gasteiger charge is -2.50. The molecule has 21 heavy (non-hydrogen) atoms. The molecule has 0 aromatic heterocycles. The number of rotatable bonds is 4. The quantitative estimate of drug-likeness (QED) is 0.855. The van der Waals surface area contributed by atoms with Gasteiger partial charge < -0.3 is 5.32 Å². The number of hydrogen-bond donors (Lipinski definition) is 1. The first-order valence-electron chi connectivity index (χ1n) is 8.75. The smallest absolute Gasteiger partial charge is 0.00884 e. The van der Waals surface area contributed by atoms with E-state index in [9.17, 15) is 0 Å². The topological polar surface area (TPSA) is 12.0 Å².